The Morgan fingerprint density at radius 1 is 1.77 bits per heavy atom. The van der Waals surface area contributed by atoms with Gasteiger partial charge in [-0.25, -0.2) is 4.39 Å². The minimum Gasteiger partial charge on any atom is -0.380 e. The molecule has 0 aromatic rings. The first-order valence-corrected chi connectivity index (χ1v) is 4.80. The third kappa shape index (κ3) is 2.09. The number of ether oxygens (including phenoxy) is 1. The molecule has 1 aliphatic rings. The van der Waals surface area contributed by atoms with E-state index in [4.69, 9.17) is 4.74 Å². The maximum absolute atomic E-state index is 12.5. The quantitative estimate of drug-likeness (QED) is 0.669. The van der Waals surface area contributed by atoms with Gasteiger partial charge in [-0.1, -0.05) is 6.92 Å². The first kappa shape index (κ1) is 10.7. The maximum Gasteiger partial charge on any atom is 0.0876 e. The summed E-state index contributed by atoms with van der Waals surface area (Å²) in [5.74, 6) is 0. The van der Waals surface area contributed by atoms with E-state index in [0.29, 0.717) is 0 Å². The van der Waals surface area contributed by atoms with E-state index in [-0.39, 0.29) is 12.1 Å². The topological polar surface area (TPSA) is 12.5 Å². The average molecular weight is 187 g/mol. The predicted molar refractivity (Wildman–Crippen MR) is 51.3 cm³/mol. The molecule has 76 valence electrons. The average Bonchev–Trinajstić information content (AvgIpc) is 2.59. The molecule has 1 unspecified atom stereocenters. The summed E-state index contributed by atoms with van der Waals surface area (Å²) in [5.41, 5.74) is 0.871. The van der Waals surface area contributed by atoms with Gasteiger partial charge in [0.05, 0.1) is 18.5 Å². The highest BCUT2D eigenvalue weighted by atomic mass is 19.1. The van der Waals surface area contributed by atoms with Gasteiger partial charge in [0.1, 0.15) is 0 Å². The van der Waals surface area contributed by atoms with E-state index in [9.17, 15) is 4.39 Å². The second-order valence-corrected chi connectivity index (χ2v) is 3.45. The first-order valence-electron chi connectivity index (χ1n) is 4.80. The summed E-state index contributed by atoms with van der Waals surface area (Å²) in [6, 6.07) is 0.139. The van der Waals surface area contributed by atoms with Crippen LogP contribution in [0.5, 0.6) is 0 Å². The Morgan fingerprint density at radius 3 is 2.92 bits per heavy atom. The van der Waals surface area contributed by atoms with Crippen molar-refractivity contribution in [2.45, 2.75) is 32.4 Å². The van der Waals surface area contributed by atoms with Gasteiger partial charge in [0, 0.05) is 13.7 Å². The smallest absolute Gasteiger partial charge is 0.0876 e. The van der Waals surface area contributed by atoms with Gasteiger partial charge in [-0.15, -0.1) is 0 Å². The molecule has 0 saturated carbocycles. The highest BCUT2D eigenvalue weighted by Crippen LogP contribution is 2.26. The fourth-order valence-corrected chi connectivity index (χ4v) is 2.00. The van der Waals surface area contributed by atoms with E-state index in [1.54, 1.807) is 7.11 Å². The lowest BCUT2D eigenvalue weighted by atomic mass is 10.1. The third-order valence-electron chi connectivity index (χ3n) is 2.82. The lowest BCUT2D eigenvalue weighted by Crippen LogP contribution is -2.39. The Labute approximate surface area is 79.4 Å². The Kier molecular flexibility index (Phi) is 3.88. The van der Waals surface area contributed by atoms with Crippen LogP contribution >= 0.6 is 0 Å². The second kappa shape index (κ2) is 4.72. The standard InChI is InChI=1S/C10H18FNO/c1-4-12-6-5-9(7-11)10(12)8(2)13-3/h7-8,10H,4-6H2,1-3H3/b9-7-/t8?,10-/m1/s1. The normalized spacial score (nSPS) is 29.8. The number of likely N-dealkylation sites (N-methyl/N-ethyl adjacent to an activating group) is 1. The zero-order valence-electron chi connectivity index (χ0n) is 8.59. The van der Waals surface area contributed by atoms with Gasteiger partial charge in [-0.05, 0) is 25.5 Å². The Morgan fingerprint density at radius 2 is 2.46 bits per heavy atom. The monoisotopic (exact) mass is 187 g/mol. The van der Waals surface area contributed by atoms with Gasteiger partial charge in [-0.3, -0.25) is 4.90 Å². The molecule has 0 N–H and O–H groups in total. The molecule has 0 aromatic carbocycles. The zero-order chi connectivity index (χ0) is 9.84. The van der Waals surface area contributed by atoms with Crippen LogP contribution in [-0.4, -0.2) is 37.2 Å². The number of nitrogens with zero attached hydrogens (tertiary/aromatic N) is 1. The van der Waals surface area contributed by atoms with Crippen molar-refractivity contribution in [1.29, 1.82) is 0 Å². The minimum absolute atomic E-state index is 0.0736. The Hall–Kier alpha value is -0.410. The zero-order valence-corrected chi connectivity index (χ0v) is 8.59. The number of likely N-dealkylation sites (tertiary alicyclic amines) is 1. The van der Waals surface area contributed by atoms with Crippen LogP contribution in [0.3, 0.4) is 0 Å². The second-order valence-electron chi connectivity index (χ2n) is 3.45. The van der Waals surface area contributed by atoms with E-state index < -0.39 is 0 Å². The molecule has 1 saturated heterocycles. The van der Waals surface area contributed by atoms with Crippen LogP contribution in [0.25, 0.3) is 0 Å². The van der Waals surface area contributed by atoms with E-state index >= 15 is 0 Å². The molecule has 13 heavy (non-hydrogen) atoms. The molecule has 0 bridgehead atoms. The van der Waals surface area contributed by atoms with E-state index in [1.165, 1.54) is 0 Å². The summed E-state index contributed by atoms with van der Waals surface area (Å²) in [7, 11) is 1.67. The van der Waals surface area contributed by atoms with E-state index in [1.807, 2.05) is 6.92 Å². The van der Waals surface area contributed by atoms with Crippen molar-refractivity contribution in [3.8, 4) is 0 Å². The highest BCUT2D eigenvalue weighted by Gasteiger charge is 2.32. The molecule has 0 spiro atoms. The summed E-state index contributed by atoms with van der Waals surface area (Å²) in [6.45, 7) is 5.99. The minimum atomic E-state index is 0.0736. The number of halogens is 1. The molecule has 0 aromatic heterocycles. The van der Waals surface area contributed by atoms with Crippen LogP contribution < -0.4 is 0 Å². The lowest BCUT2D eigenvalue weighted by Gasteiger charge is -2.27. The largest absolute Gasteiger partial charge is 0.380 e. The number of hydrogen-bond acceptors (Lipinski definition) is 2. The van der Waals surface area contributed by atoms with Gasteiger partial charge in [0.2, 0.25) is 0 Å². The van der Waals surface area contributed by atoms with Crippen molar-refractivity contribution in [2.24, 2.45) is 0 Å². The SMILES string of the molecule is CCN1CC/C(=C/F)[C@H]1C(C)OC. The van der Waals surface area contributed by atoms with Gasteiger partial charge in [0.25, 0.3) is 0 Å². The van der Waals surface area contributed by atoms with Crippen LogP contribution in [-0.2, 0) is 4.74 Å². The van der Waals surface area contributed by atoms with Gasteiger partial charge >= 0.3 is 0 Å². The summed E-state index contributed by atoms with van der Waals surface area (Å²) < 4.78 is 17.8. The van der Waals surface area contributed by atoms with E-state index in [0.717, 1.165) is 31.4 Å². The summed E-state index contributed by atoms with van der Waals surface area (Å²) in [6.07, 6.45) is 1.66. The lowest BCUT2D eigenvalue weighted by molar-refractivity contribution is 0.0570. The molecule has 1 fully saturated rings. The molecule has 0 radical (unpaired) electrons. The summed E-state index contributed by atoms with van der Waals surface area (Å²) >= 11 is 0. The van der Waals surface area contributed by atoms with Gasteiger partial charge < -0.3 is 4.74 Å². The molecule has 1 aliphatic heterocycles. The molecular formula is C10H18FNO. The molecule has 2 nitrogen and oxygen atoms in total. The van der Waals surface area contributed by atoms with Crippen molar-refractivity contribution >= 4 is 0 Å². The number of methoxy groups -OCH3 is 1. The molecule has 2 atom stereocenters. The van der Waals surface area contributed by atoms with Crippen LogP contribution in [0.4, 0.5) is 4.39 Å². The third-order valence-corrected chi connectivity index (χ3v) is 2.82. The summed E-state index contributed by atoms with van der Waals surface area (Å²) in [4.78, 5) is 2.25. The number of rotatable bonds is 3. The van der Waals surface area contributed by atoms with Gasteiger partial charge in [0.15, 0.2) is 0 Å². The molecule has 0 aliphatic carbocycles. The van der Waals surface area contributed by atoms with Crippen molar-refractivity contribution < 1.29 is 9.13 Å². The van der Waals surface area contributed by atoms with Crippen molar-refractivity contribution in [2.75, 3.05) is 20.2 Å². The van der Waals surface area contributed by atoms with Crippen molar-refractivity contribution in [3.63, 3.8) is 0 Å². The maximum atomic E-state index is 12.5. The molecule has 1 heterocycles. The molecular weight excluding hydrogens is 169 g/mol. The fourth-order valence-electron chi connectivity index (χ4n) is 2.00. The highest BCUT2D eigenvalue weighted by molar-refractivity contribution is 5.16. The van der Waals surface area contributed by atoms with Crippen molar-refractivity contribution in [3.05, 3.63) is 11.9 Å². The summed E-state index contributed by atoms with van der Waals surface area (Å²) in [5, 5.41) is 0. The van der Waals surface area contributed by atoms with Gasteiger partial charge in [-0.2, -0.15) is 0 Å². The van der Waals surface area contributed by atoms with E-state index in [2.05, 4.69) is 11.8 Å². The molecule has 0 amide bonds. The van der Waals surface area contributed by atoms with Crippen LogP contribution in [0.2, 0.25) is 0 Å². The molecule has 1 rings (SSSR count). The number of hydrogen-bond donors (Lipinski definition) is 0. The fraction of sp³-hybridized carbons (Fsp3) is 0.800. The predicted octanol–water partition coefficient (Wildman–Crippen LogP) is 1.97. The van der Waals surface area contributed by atoms with Crippen molar-refractivity contribution in [1.82, 2.24) is 4.90 Å². The Bertz CT molecular complexity index is 193. The van der Waals surface area contributed by atoms with Crippen LogP contribution in [0.15, 0.2) is 11.9 Å². The first-order chi connectivity index (χ1) is 6.24. The van der Waals surface area contributed by atoms with Crippen LogP contribution in [0, 0.1) is 0 Å². The Balaban J connectivity index is 2.73. The van der Waals surface area contributed by atoms with Crippen LogP contribution in [0.1, 0.15) is 20.3 Å². The molecule has 3 heteroatoms.